The fourth-order valence-electron chi connectivity index (χ4n) is 1.67. The highest BCUT2D eigenvalue weighted by Crippen LogP contribution is 2.14. The molecule has 0 aromatic carbocycles. The molecule has 1 N–H and O–H groups in total. The van der Waals surface area contributed by atoms with Gasteiger partial charge in [-0.3, -0.25) is 4.57 Å². The van der Waals surface area contributed by atoms with Gasteiger partial charge in [0.05, 0.1) is 5.52 Å². The molecule has 0 bridgehead atoms. The predicted octanol–water partition coefficient (Wildman–Crippen LogP) is 2.80. The van der Waals surface area contributed by atoms with E-state index in [2.05, 4.69) is 45.5 Å². The minimum Gasteiger partial charge on any atom is -0.361 e. The second kappa shape index (κ2) is 5.60. The van der Waals surface area contributed by atoms with Crippen molar-refractivity contribution in [3.63, 3.8) is 0 Å². The first-order chi connectivity index (χ1) is 8.87. The van der Waals surface area contributed by atoms with Crippen LogP contribution in [0.1, 0.15) is 0 Å². The average Bonchev–Trinajstić information content (AvgIpc) is 2.58. The van der Waals surface area contributed by atoms with Crippen molar-refractivity contribution >= 4 is 35.2 Å². The first-order valence-corrected chi connectivity index (χ1v) is 10.7. The van der Waals surface area contributed by atoms with E-state index in [0.717, 1.165) is 10.5 Å². The minimum atomic E-state index is -1.10. The molecule has 0 amide bonds. The van der Waals surface area contributed by atoms with E-state index in [1.54, 1.807) is 6.20 Å². The predicted molar refractivity (Wildman–Crippen MR) is 82.2 cm³/mol. The smallest absolute Gasteiger partial charge is 0.329 e. The fraction of sp³-hybridized carbons (Fsp3) is 0.500. The number of nitrogens with one attached hydrogen (secondary N) is 1. The van der Waals surface area contributed by atoms with Gasteiger partial charge in [-0.15, -0.1) is 0 Å². The third-order valence-electron chi connectivity index (χ3n) is 2.79. The Labute approximate surface area is 121 Å². The third kappa shape index (κ3) is 3.77. The molecule has 0 aliphatic rings. The molecule has 5 nitrogen and oxygen atoms in total. The van der Waals surface area contributed by atoms with Gasteiger partial charge < -0.3 is 9.72 Å². The number of halogens is 1. The maximum absolute atomic E-state index is 11.8. The molecule has 7 heteroatoms. The van der Waals surface area contributed by atoms with Crippen LogP contribution in [0.2, 0.25) is 25.7 Å². The van der Waals surface area contributed by atoms with Crippen molar-refractivity contribution in [1.29, 1.82) is 0 Å². The van der Waals surface area contributed by atoms with Crippen LogP contribution in [0, 0.1) is 0 Å². The summed E-state index contributed by atoms with van der Waals surface area (Å²) in [6.45, 7) is 7.83. The lowest BCUT2D eigenvalue weighted by Crippen LogP contribution is -2.24. The molecular weight excluding hydrogens is 326 g/mol. The number of fused-ring (bicyclic) bond motifs is 1. The first kappa shape index (κ1) is 14.5. The van der Waals surface area contributed by atoms with E-state index < -0.39 is 8.07 Å². The Morgan fingerprint density at radius 1 is 1.47 bits per heavy atom. The summed E-state index contributed by atoms with van der Waals surface area (Å²) in [5.41, 5.74) is 1.16. The number of aromatic amines is 1. The molecule has 0 spiro atoms. The van der Waals surface area contributed by atoms with E-state index in [1.165, 1.54) is 4.57 Å². The van der Waals surface area contributed by atoms with Crippen molar-refractivity contribution in [2.24, 2.45) is 0 Å². The van der Waals surface area contributed by atoms with Gasteiger partial charge in [0.1, 0.15) is 6.73 Å². The van der Waals surface area contributed by atoms with Gasteiger partial charge in [0.15, 0.2) is 5.65 Å². The molecular formula is C12H18BrN3O2Si. The van der Waals surface area contributed by atoms with Gasteiger partial charge >= 0.3 is 5.69 Å². The van der Waals surface area contributed by atoms with Crippen LogP contribution in [0.4, 0.5) is 0 Å². The highest BCUT2D eigenvalue weighted by atomic mass is 79.9. The molecule has 2 aromatic heterocycles. The van der Waals surface area contributed by atoms with E-state index in [4.69, 9.17) is 4.74 Å². The van der Waals surface area contributed by atoms with Crippen molar-refractivity contribution in [3.05, 3.63) is 27.2 Å². The van der Waals surface area contributed by atoms with E-state index >= 15 is 0 Å². The molecule has 104 valence electrons. The number of pyridine rings is 1. The maximum Gasteiger partial charge on any atom is 0.329 e. The highest BCUT2D eigenvalue weighted by molar-refractivity contribution is 9.10. The average molecular weight is 344 g/mol. The Morgan fingerprint density at radius 2 is 2.21 bits per heavy atom. The van der Waals surface area contributed by atoms with Gasteiger partial charge in [-0.05, 0) is 28.0 Å². The molecule has 0 aliphatic heterocycles. The SMILES string of the molecule is C[Si](C)(C)CCOCn1c(=O)[nH]c2cc(Br)cnc21. The summed E-state index contributed by atoms with van der Waals surface area (Å²) in [6.07, 6.45) is 1.67. The molecule has 2 aromatic rings. The van der Waals surface area contributed by atoms with Crippen LogP contribution in [0.3, 0.4) is 0 Å². The fourth-order valence-corrected chi connectivity index (χ4v) is 2.76. The van der Waals surface area contributed by atoms with Crippen LogP contribution >= 0.6 is 15.9 Å². The number of imidazole rings is 1. The molecule has 0 saturated carbocycles. The number of nitrogens with zero attached hydrogens (tertiary/aromatic N) is 2. The van der Waals surface area contributed by atoms with Gasteiger partial charge in [-0.2, -0.15) is 0 Å². The lowest BCUT2D eigenvalue weighted by atomic mass is 10.4. The molecule has 0 atom stereocenters. The van der Waals surface area contributed by atoms with Crippen LogP contribution in [-0.2, 0) is 11.5 Å². The number of ether oxygens (including phenoxy) is 1. The van der Waals surface area contributed by atoms with Crippen molar-refractivity contribution in [2.45, 2.75) is 32.4 Å². The monoisotopic (exact) mass is 343 g/mol. The molecule has 0 unspecified atom stereocenters. The molecule has 0 aliphatic carbocycles. The number of hydrogen-bond acceptors (Lipinski definition) is 3. The summed E-state index contributed by atoms with van der Waals surface area (Å²) in [6, 6.07) is 2.92. The topological polar surface area (TPSA) is 59.9 Å². The standard InChI is InChI=1S/C12H18BrN3O2Si/c1-19(2,3)5-4-18-8-16-11-10(15-12(16)17)6-9(13)7-14-11/h6-7H,4-5,8H2,1-3H3,(H,15,17). The lowest BCUT2D eigenvalue weighted by Gasteiger charge is -2.15. The Bertz CT molecular complexity index is 630. The van der Waals surface area contributed by atoms with Crippen molar-refractivity contribution in [2.75, 3.05) is 6.61 Å². The van der Waals surface area contributed by atoms with Crippen LogP contribution in [0.5, 0.6) is 0 Å². The minimum absolute atomic E-state index is 0.186. The number of aromatic nitrogens is 3. The summed E-state index contributed by atoms with van der Waals surface area (Å²) in [5, 5.41) is 0. The zero-order chi connectivity index (χ0) is 14.0. The Hall–Kier alpha value is -0.923. The number of hydrogen-bond donors (Lipinski definition) is 1. The van der Waals surface area contributed by atoms with E-state index in [1.807, 2.05) is 6.07 Å². The lowest BCUT2D eigenvalue weighted by molar-refractivity contribution is 0.0874. The summed E-state index contributed by atoms with van der Waals surface area (Å²) in [7, 11) is -1.10. The summed E-state index contributed by atoms with van der Waals surface area (Å²) in [5.74, 6) is 0. The van der Waals surface area contributed by atoms with E-state index in [9.17, 15) is 4.79 Å². The largest absolute Gasteiger partial charge is 0.361 e. The van der Waals surface area contributed by atoms with Crippen molar-refractivity contribution in [3.8, 4) is 0 Å². The van der Waals surface area contributed by atoms with Crippen molar-refractivity contribution in [1.82, 2.24) is 14.5 Å². The van der Waals surface area contributed by atoms with Crippen LogP contribution in [-0.4, -0.2) is 29.2 Å². The summed E-state index contributed by atoms with van der Waals surface area (Å²) < 4.78 is 7.96. The third-order valence-corrected chi connectivity index (χ3v) is 4.93. The maximum atomic E-state index is 11.8. The Kier molecular flexibility index (Phi) is 4.27. The summed E-state index contributed by atoms with van der Waals surface area (Å²) >= 11 is 3.33. The molecule has 0 saturated heterocycles. The molecule has 0 radical (unpaired) electrons. The second-order valence-electron chi connectivity index (χ2n) is 5.73. The molecule has 2 rings (SSSR count). The van der Waals surface area contributed by atoms with Crippen LogP contribution in [0.15, 0.2) is 21.5 Å². The molecule has 2 heterocycles. The second-order valence-corrected chi connectivity index (χ2v) is 12.3. The van der Waals surface area contributed by atoms with Gasteiger partial charge in [0, 0.05) is 25.4 Å². The molecule has 0 fully saturated rings. The number of H-pyrrole nitrogens is 1. The van der Waals surface area contributed by atoms with E-state index in [0.29, 0.717) is 17.8 Å². The van der Waals surface area contributed by atoms with Gasteiger partial charge in [0.25, 0.3) is 0 Å². The van der Waals surface area contributed by atoms with Gasteiger partial charge in [-0.1, -0.05) is 19.6 Å². The van der Waals surface area contributed by atoms with Crippen LogP contribution in [0.25, 0.3) is 11.2 Å². The van der Waals surface area contributed by atoms with Gasteiger partial charge in [0.2, 0.25) is 0 Å². The van der Waals surface area contributed by atoms with Crippen LogP contribution < -0.4 is 5.69 Å². The Morgan fingerprint density at radius 3 is 2.89 bits per heavy atom. The van der Waals surface area contributed by atoms with Gasteiger partial charge in [-0.25, -0.2) is 9.78 Å². The quantitative estimate of drug-likeness (QED) is 0.670. The molecule has 19 heavy (non-hydrogen) atoms. The van der Waals surface area contributed by atoms with Crippen molar-refractivity contribution < 1.29 is 4.74 Å². The zero-order valence-corrected chi connectivity index (χ0v) is 14.0. The zero-order valence-electron chi connectivity index (χ0n) is 11.4. The normalized spacial score (nSPS) is 12.2. The Balaban J connectivity index is 2.09. The number of rotatable bonds is 5. The highest BCUT2D eigenvalue weighted by Gasteiger charge is 2.13. The summed E-state index contributed by atoms with van der Waals surface area (Å²) in [4.78, 5) is 18.8. The first-order valence-electron chi connectivity index (χ1n) is 6.19. The van der Waals surface area contributed by atoms with E-state index in [-0.39, 0.29) is 12.4 Å².